The van der Waals surface area contributed by atoms with Crippen LogP contribution >= 0.6 is 11.7 Å². The van der Waals surface area contributed by atoms with Crippen molar-refractivity contribution in [3.63, 3.8) is 0 Å². The van der Waals surface area contributed by atoms with Gasteiger partial charge in [-0.15, -0.1) is 4.37 Å². The van der Waals surface area contributed by atoms with E-state index in [1.165, 1.54) is 42.1 Å². The van der Waals surface area contributed by atoms with Gasteiger partial charge in [0, 0.05) is 18.2 Å². The molecule has 0 fully saturated rings. The number of methoxy groups -OCH3 is 1. The van der Waals surface area contributed by atoms with Crippen LogP contribution in [0.2, 0.25) is 0 Å². The fourth-order valence-electron chi connectivity index (χ4n) is 2.75. The molecule has 0 spiro atoms. The van der Waals surface area contributed by atoms with Gasteiger partial charge in [0.25, 0.3) is 5.88 Å². The Bertz CT molecular complexity index is 674. The average Bonchev–Trinajstić information content (AvgIpc) is 3.14. The summed E-state index contributed by atoms with van der Waals surface area (Å²) in [6.45, 7) is 3.50. The molecule has 0 aliphatic heterocycles. The minimum absolute atomic E-state index is 0.200. The molecule has 1 heterocycles. The highest BCUT2D eigenvalue weighted by Crippen LogP contribution is 2.26. The van der Waals surface area contributed by atoms with Crippen LogP contribution in [0, 0.1) is 0 Å². The molecule has 0 N–H and O–H groups in total. The number of hydrogen-bond donors (Lipinski definition) is 0. The van der Waals surface area contributed by atoms with Gasteiger partial charge in [0.1, 0.15) is 17.2 Å². The largest absolute Gasteiger partial charge is 0.475 e. The number of aromatic nitrogens is 2. The molecule has 1 atom stereocenters. The maximum atomic E-state index is 5.94. The molecular formula is C21H31N2O2S2+. The monoisotopic (exact) mass is 407 g/mol. The molecule has 1 unspecified atom stereocenters. The van der Waals surface area contributed by atoms with E-state index in [9.17, 15) is 0 Å². The smallest absolute Gasteiger partial charge is 0.253 e. The standard InChI is InChI=1S/C21H31N2O2S2/c1-4-5-6-10-14-25-21-20(22-26-23-21)19(13-15-24-2)17-27(3)16-18-11-8-7-9-12-18/h7-9,11-13H,4-6,10,14-17H2,1-3H3/q+1/b19-13+. The lowest BCUT2D eigenvalue weighted by Crippen LogP contribution is -2.11. The van der Waals surface area contributed by atoms with E-state index in [0.717, 1.165) is 23.6 Å². The van der Waals surface area contributed by atoms with Crippen LogP contribution in [0.3, 0.4) is 0 Å². The topological polar surface area (TPSA) is 44.2 Å². The second-order valence-corrected chi connectivity index (χ2v) is 9.24. The third kappa shape index (κ3) is 8.03. The van der Waals surface area contributed by atoms with Gasteiger partial charge in [-0.1, -0.05) is 56.5 Å². The average molecular weight is 408 g/mol. The summed E-state index contributed by atoms with van der Waals surface area (Å²) in [6.07, 6.45) is 9.17. The Morgan fingerprint density at radius 3 is 2.70 bits per heavy atom. The third-order valence-corrected chi connectivity index (χ3v) is 6.30. The van der Waals surface area contributed by atoms with Crippen molar-refractivity contribution in [3.05, 3.63) is 47.7 Å². The second kappa shape index (κ2) is 12.9. The van der Waals surface area contributed by atoms with E-state index in [1.54, 1.807) is 7.11 Å². The minimum atomic E-state index is 0.200. The van der Waals surface area contributed by atoms with Gasteiger partial charge in [0.2, 0.25) is 0 Å². The van der Waals surface area contributed by atoms with E-state index in [-0.39, 0.29) is 10.9 Å². The van der Waals surface area contributed by atoms with E-state index in [4.69, 9.17) is 9.47 Å². The lowest BCUT2D eigenvalue weighted by Gasteiger charge is -2.09. The fourth-order valence-corrected chi connectivity index (χ4v) is 4.93. The molecule has 2 aromatic rings. The molecule has 4 nitrogen and oxygen atoms in total. The number of nitrogens with zero attached hydrogens (tertiary/aromatic N) is 2. The summed E-state index contributed by atoms with van der Waals surface area (Å²) in [6, 6.07) is 10.6. The molecule has 6 heteroatoms. The molecule has 0 aliphatic rings. The number of ether oxygens (including phenoxy) is 2. The number of unbranched alkanes of at least 4 members (excludes halogenated alkanes) is 3. The van der Waals surface area contributed by atoms with Gasteiger partial charge in [-0.2, -0.15) is 4.37 Å². The van der Waals surface area contributed by atoms with Crippen molar-refractivity contribution in [1.29, 1.82) is 0 Å². The summed E-state index contributed by atoms with van der Waals surface area (Å²) >= 11 is 1.22. The van der Waals surface area contributed by atoms with E-state index in [2.05, 4.69) is 58.3 Å². The molecule has 27 heavy (non-hydrogen) atoms. The fraction of sp³-hybridized carbons (Fsp3) is 0.524. The number of rotatable bonds is 13. The van der Waals surface area contributed by atoms with Crippen molar-refractivity contribution in [3.8, 4) is 5.88 Å². The molecule has 148 valence electrons. The maximum Gasteiger partial charge on any atom is 0.253 e. The van der Waals surface area contributed by atoms with Crippen molar-refractivity contribution < 1.29 is 9.47 Å². The molecule has 0 aliphatic carbocycles. The van der Waals surface area contributed by atoms with Crippen LogP contribution in [-0.4, -0.2) is 41.1 Å². The van der Waals surface area contributed by atoms with Gasteiger partial charge < -0.3 is 9.47 Å². The molecular weight excluding hydrogens is 376 g/mol. The summed E-state index contributed by atoms with van der Waals surface area (Å²) in [5, 5.41) is 0. The van der Waals surface area contributed by atoms with E-state index in [0.29, 0.717) is 19.1 Å². The Morgan fingerprint density at radius 1 is 1.15 bits per heavy atom. The van der Waals surface area contributed by atoms with Gasteiger partial charge in [-0.25, -0.2) is 0 Å². The first-order valence-corrected chi connectivity index (χ1v) is 12.2. The minimum Gasteiger partial charge on any atom is -0.475 e. The normalized spacial score (nSPS) is 12.9. The van der Waals surface area contributed by atoms with Crippen LogP contribution in [-0.2, 0) is 21.4 Å². The van der Waals surface area contributed by atoms with Gasteiger partial charge in [-0.3, -0.25) is 0 Å². The highest BCUT2D eigenvalue weighted by Gasteiger charge is 2.22. The van der Waals surface area contributed by atoms with Crippen LogP contribution in [0.5, 0.6) is 5.88 Å². The molecule has 0 saturated carbocycles. The summed E-state index contributed by atoms with van der Waals surface area (Å²) in [5.41, 5.74) is 3.44. The zero-order chi connectivity index (χ0) is 19.3. The predicted molar refractivity (Wildman–Crippen MR) is 118 cm³/mol. The molecule has 2 rings (SSSR count). The van der Waals surface area contributed by atoms with Gasteiger partial charge in [0.15, 0.2) is 0 Å². The molecule has 0 amide bonds. The Morgan fingerprint density at radius 2 is 1.96 bits per heavy atom. The van der Waals surface area contributed by atoms with Gasteiger partial charge >= 0.3 is 0 Å². The van der Waals surface area contributed by atoms with Crippen molar-refractivity contribution in [2.24, 2.45) is 0 Å². The van der Waals surface area contributed by atoms with Crippen LogP contribution in [0.1, 0.15) is 43.9 Å². The SMILES string of the molecule is CCCCCCOc1nsnc1/C(=C/COC)C[S+](C)Cc1ccccc1. The van der Waals surface area contributed by atoms with Crippen LogP contribution in [0.25, 0.3) is 5.57 Å². The zero-order valence-corrected chi connectivity index (χ0v) is 18.3. The van der Waals surface area contributed by atoms with Crippen LogP contribution in [0.15, 0.2) is 36.4 Å². The predicted octanol–water partition coefficient (Wildman–Crippen LogP) is 4.98. The van der Waals surface area contributed by atoms with Crippen molar-refractivity contribution in [1.82, 2.24) is 8.75 Å². The first-order valence-electron chi connectivity index (χ1n) is 9.51. The van der Waals surface area contributed by atoms with E-state index < -0.39 is 0 Å². The molecule has 1 aromatic heterocycles. The zero-order valence-electron chi connectivity index (χ0n) is 16.6. The highest BCUT2D eigenvalue weighted by atomic mass is 32.2. The number of hydrogen-bond acceptors (Lipinski definition) is 5. The maximum absolute atomic E-state index is 5.94. The quantitative estimate of drug-likeness (QED) is 0.347. The van der Waals surface area contributed by atoms with Crippen LogP contribution in [0.4, 0.5) is 0 Å². The van der Waals surface area contributed by atoms with Gasteiger partial charge in [-0.05, 0) is 23.4 Å². The Kier molecular flexibility index (Phi) is 10.5. The van der Waals surface area contributed by atoms with Crippen molar-refractivity contribution >= 4 is 28.2 Å². The summed E-state index contributed by atoms with van der Waals surface area (Å²) in [4.78, 5) is 0. The molecule has 0 bridgehead atoms. The molecule has 0 radical (unpaired) electrons. The van der Waals surface area contributed by atoms with Crippen molar-refractivity contribution in [2.75, 3.05) is 32.3 Å². The first-order chi connectivity index (χ1) is 13.2. The Labute approximate surface area is 170 Å². The Hall–Kier alpha value is -1.37. The summed E-state index contributed by atoms with van der Waals surface area (Å²) in [5.74, 6) is 2.70. The van der Waals surface area contributed by atoms with Crippen molar-refractivity contribution in [2.45, 2.75) is 38.4 Å². The van der Waals surface area contributed by atoms with Gasteiger partial charge in [0.05, 0.1) is 31.2 Å². The lowest BCUT2D eigenvalue weighted by atomic mass is 10.2. The molecule has 1 aromatic carbocycles. The third-order valence-electron chi connectivity index (χ3n) is 4.15. The highest BCUT2D eigenvalue weighted by molar-refractivity contribution is 7.95. The van der Waals surface area contributed by atoms with Crippen LogP contribution < -0.4 is 4.74 Å². The Balaban J connectivity index is 2.00. The lowest BCUT2D eigenvalue weighted by molar-refractivity contribution is 0.234. The summed E-state index contributed by atoms with van der Waals surface area (Å²) < 4.78 is 20.1. The first kappa shape index (κ1) is 21.9. The van der Waals surface area contributed by atoms with E-state index in [1.807, 2.05) is 0 Å². The number of benzene rings is 1. The molecule has 0 saturated heterocycles. The summed E-state index contributed by atoms with van der Waals surface area (Å²) in [7, 11) is 1.92. The van der Waals surface area contributed by atoms with E-state index >= 15 is 0 Å². The second-order valence-electron chi connectivity index (χ2n) is 6.57.